The van der Waals surface area contributed by atoms with Gasteiger partial charge in [0.25, 0.3) is 0 Å². The lowest BCUT2D eigenvalue weighted by molar-refractivity contribution is 0.203. The van der Waals surface area contributed by atoms with Gasteiger partial charge in [0.05, 0.1) is 10.0 Å². The van der Waals surface area contributed by atoms with E-state index in [1.807, 2.05) is 24.3 Å². The second-order valence-corrected chi connectivity index (χ2v) is 7.14. The van der Waals surface area contributed by atoms with Gasteiger partial charge in [-0.25, -0.2) is 0 Å². The Bertz CT molecular complexity index is 684. The minimum absolute atomic E-state index is 0.498. The second kappa shape index (κ2) is 6.80. The molecule has 0 fully saturated rings. The van der Waals surface area contributed by atoms with Gasteiger partial charge in [0, 0.05) is 24.2 Å². The summed E-state index contributed by atoms with van der Waals surface area (Å²) in [6.07, 6.45) is 2.09. The molecule has 1 nitrogen and oxygen atoms in total. The smallest absolute Gasteiger partial charge is 0.0595 e. The number of aryl methyl sites for hydroxylation is 1. The van der Waals surface area contributed by atoms with Crippen molar-refractivity contribution >= 4 is 34.8 Å². The maximum Gasteiger partial charge on any atom is 0.0595 e. The van der Waals surface area contributed by atoms with Gasteiger partial charge >= 0.3 is 0 Å². The Morgan fingerprint density at radius 1 is 1.00 bits per heavy atom. The third-order valence-corrected chi connectivity index (χ3v) is 5.50. The summed E-state index contributed by atoms with van der Waals surface area (Å²) >= 11 is 18.3. The standard InChI is InChI=1S/C18H18Cl3N/c1-12(5-6-13-7-8-17(20)18(21)9-13)22-10-14-3-2-4-16(19)15(14)11-22/h2-4,7-9,12H,5-6,10-11H2,1H3. The summed E-state index contributed by atoms with van der Waals surface area (Å²) in [7, 11) is 0. The summed E-state index contributed by atoms with van der Waals surface area (Å²) in [5, 5.41) is 2.13. The van der Waals surface area contributed by atoms with E-state index in [2.05, 4.69) is 24.0 Å². The van der Waals surface area contributed by atoms with Gasteiger partial charge in [-0.1, -0.05) is 53.0 Å². The molecule has 0 aromatic heterocycles. The minimum Gasteiger partial charge on any atom is -0.292 e. The first-order valence-corrected chi connectivity index (χ1v) is 8.62. The summed E-state index contributed by atoms with van der Waals surface area (Å²) < 4.78 is 0. The number of fused-ring (bicyclic) bond motifs is 1. The zero-order valence-corrected chi connectivity index (χ0v) is 14.7. The van der Waals surface area contributed by atoms with Crippen molar-refractivity contribution in [3.8, 4) is 0 Å². The molecule has 0 saturated carbocycles. The number of hydrogen-bond donors (Lipinski definition) is 0. The predicted octanol–water partition coefficient (Wildman–Crippen LogP) is 5.98. The normalized spacial score (nSPS) is 15.8. The molecule has 116 valence electrons. The molecule has 2 aromatic rings. The Balaban J connectivity index is 1.60. The van der Waals surface area contributed by atoms with Crippen LogP contribution in [0.3, 0.4) is 0 Å². The largest absolute Gasteiger partial charge is 0.292 e. The van der Waals surface area contributed by atoms with Crippen molar-refractivity contribution in [1.29, 1.82) is 0 Å². The number of hydrogen-bond acceptors (Lipinski definition) is 1. The van der Waals surface area contributed by atoms with Crippen LogP contribution in [0.1, 0.15) is 30.0 Å². The van der Waals surface area contributed by atoms with E-state index in [4.69, 9.17) is 34.8 Å². The van der Waals surface area contributed by atoms with Crippen molar-refractivity contribution in [3.63, 3.8) is 0 Å². The zero-order valence-electron chi connectivity index (χ0n) is 12.5. The highest BCUT2D eigenvalue weighted by Gasteiger charge is 2.24. The third kappa shape index (κ3) is 3.44. The van der Waals surface area contributed by atoms with Gasteiger partial charge in [-0.2, -0.15) is 0 Å². The van der Waals surface area contributed by atoms with Crippen molar-refractivity contribution in [2.24, 2.45) is 0 Å². The molecule has 0 amide bonds. The highest BCUT2D eigenvalue weighted by atomic mass is 35.5. The van der Waals surface area contributed by atoms with Crippen molar-refractivity contribution in [1.82, 2.24) is 4.90 Å². The van der Waals surface area contributed by atoms with Gasteiger partial charge in [0.15, 0.2) is 0 Å². The third-order valence-electron chi connectivity index (χ3n) is 4.41. The van der Waals surface area contributed by atoms with E-state index >= 15 is 0 Å². The molecule has 0 N–H and O–H groups in total. The first-order valence-electron chi connectivity index (χ1n) is 7.49. The lowest BCUT2D eigenvalue weighted by Gasteiger charge is -2.23. The van der Waals surface area contributed by atoms with E-state index in [9.17, 15) is 0 Å². The predicted molar refractivity (Wildman–Crippen MR) is 94.9 cm³/mol. The van der Waals surface area contributed by atoms with Gasteiger partial charge in [-0.3, -0.25) is 4.90 Å². The van der Waals surface area contributed by atoms with Crippen LogP contribution < -0.4 is 0 Å². The molecule has 4 heteroatoms. The highest BCUT2D eigenvalue weighted by Crippen LogP contribution is 2.31. The molecular weight excluding hydrogens is 337 g/mol. The van der Waals surface area contributed by atoms with Crippen molar-refractivity contribution < 1.29 is 0 Å². The quantitative estimate of drug-likeness (QED) is 0.652. The summed E-state index contributed by atoms with van der Waals surface area (Å²) in [5.74, 6) is 0. The summed E-state index contributed by atoms with van der Waals surface area (Å²) in [6.45, 7) is 4.20. The van der Waals surface area contributed by atoms with Crippen molar-refractivity contribution in [2.45, 2.75) is 38.9 Å². The highest BCUT2D eigenvalue weighted by molar-refractivity contribution is 6.42. The number of halogens is 3. The monoisotopic (exact) mass is 353 g/mol. The molecule has 1 unspecified atom stereocenters. The summed E-state index contributed by atoms with van der Waals surface area (Å²) in [5.41, 5.74) is 3.87. The first-order chi connectivity index (χ1) is 10.5. The van der Waals surface area contributed by atoms with Crippen LogP contribution in [0.15, 0.2) is 36.4 Å². The molecule has 2 aromatic carbocycles. The Labute approximate surface area is 146 Å². The van der Waals surface area contributed by atoms with Crippen LogP contribution in [0, 0.1) is 0 Å². The van der Waals surface area contributed by atoms with Gasteiger partial charge in [0.1, 0.15) is 0 Å². The summed E-state index contributed by atoms with van der Waals surface area (Å²) in [4.78, 5) is 2.48. The van der Waals surface area contributed by atoms with E-state index in [1.54, 1.807) is 0 Å². The van der Waals surface area contributed by atoms with E-state index in [1.165, 1.54) is 16.7 Å². The van der Waals surface area contributed by atoms with Crippen LogP contribution in [0.4, 0.5) is 0 Å². The van der Waals surface area contributed by atoms with Crippen LogP contribution in [-0.4, -0.2) is 10.9 Å². The Morgan fingerprint density at radius 2 is 1.82 bits per heavy atom. The number of rotatable bonds is 4. The molecule has 22 heavy (non-hydrogen) atoms. The molecule has 0 radical (unpaired) electrons. The van der Waals surface area contributed by atoms with Crippen molar-refractivity contribution in [2.75, 3.05) is 0 Å². The fraction of sp³-hybridized carbons (Fsp3) is 0.333. The Kier molecular flexibility index (Phi) is 4.99. The van der Waals surface area contributed by atoms with Crippen LogP contribution >= 0.6 is 34.8 Å². The number of benzene rings is 2. The topological polar surface area (TPSA) is 3.24 Å². The molecule has 1 aliphatic heterocycles. The lowest BCUT2D eigenvalue weighted by Crippen LogP contribution is -2.28. The van der Waals surface area contributed by atoms with Gasteiger partial charge in [0.2, 0.25) is 0 Å². The fourth-order valence-electron chi connectivity index (χ4n) is 2.97. The molecule has 0 aliphatic carbocycles. The van der Waals surface area contributed by atoms with Gasteiger partial charge < -0.3 is 0 Å². The average Bonchev–Trinajstić information content (AvgIpc) is 2.94. The molecular formula is C18H18Cl3N. The van der Waals surface area contributed by atoms with E-state index in [0.29, 0.717) is 16.1 Å². The minimum atomic E-state index is 0.498. The Hall–Kier alpha value is -0.730. The molecule has 0 saturated heterocycles. The van der Waals surface area contributed by atoms with E-state index < -0.39 is 0 Å². The van der Waals surface area contributed by atoms with Crippen molar-refractivity contribution in [3.05, 3.63) is 68.2 Å². The molecule has 1 aliphatic rings. The van der Waals surface area contributed by atoms with E-state index in [0.717, 1.165) is 31.0 Å². The molecule has 0 spiro atoms. The maximum absolute atomic E-state index is 6.29. The molecule has 1 heterocycles. The van der Waals surface area contributed by atoms with Crippen LogP contribution in [0.25, 0.3) is 0 Å². The average molecular weight is 355 g/mol. The Morgan fingerprint density at radius 3 is 2.55 bits per heavy atom. The van der Waals surface area contributed by atoms with Crippen LogP contribution in [0.5, 0.6) is 0 Å². The zero-order chi connectivity index (χ0) is 15.7. The molecule has 0 bridgehead atoms. The summed E-state index contributed by atoms with van der Waals surface area (Å²) in [6, 6.07) is 12.6. The molecule has 1 atom stereocenters. The SMILES string of the molecule is CC(CCc1ccc(Cl)c(Cl)c1)N1Cc2cccc(Cl)c2C1. The van der Waals surface area contributed by atoms with E-state index in [-0.39, 0.29) is 0 Å². The van der Waals surface area contributed by atoms with Gasteiger partial charge in [-0.05, 0) is 54.7 Å². The first kappa shape index (κ1) is 16.1. The lowest BCUT2D eigenvalue weighted by atomic mass is 10.1. The fourth-order valence-corrected chi connectivity index (χ4v) is 3.55. The van der Waals surface area contributed by atoms with Crippen LogP contribution in [0.2, 0.25) is 15.1 Å². The second-order valence-electron chi connectivity index (χ2n) is 5.92. The molecule has 3 rings (SSSR count). The maximum atomic E-state index is 6.29. The van der Waals surface area contributed by atoms with Gasteiger partial charge in [-0.15, -0.1) is 0 Å². The number of nitrogens with zero attached hydrogens (tertiary/aromatic N) is 1. The van der Waals surface area contributed by atoms with Crippen LogP contribution in [-0.2, 0) is 19.5 Å².